The molecule has 0 unspecified atom stereocenters. The standard InChI is InChI=1S/C18H26N4O2/c1-19-13-14-7-10-21(11-8-14)17(23)9-12-22-16-6-4-3-5-15(16)20(2)18(22)24/h3-6,14,19H,7-13H2,1-2H3. The lowest BCUT2D eigenvalue weighted by molar-refractivity contribution is -0.132. The average molecular weight is 330 g/mol. The van der Waals surface area contributed by atoms with Crippen molar-refractivity contribution in [3.05, 3.63) is 34.7 Å². The Bertz CT molecular complexity index is 769. The maximum atomic E-state index is 12.5. The molecule has 0 atom stereocenters. The Hall–Kier alpha value is -2.08. The molecule has 24 heavy (non-hydrogen) atoms. The first-order chi connectivity index (χ1) is 11.6. The number of piperidine rings is 1. The van der Waals surface area contributed by atoms with Gasteiger partial charge in [-0.3, -0.25) is 13.9 Å². The van der Waals surface area contributed by atoms with Gasteiger partial charge in [0.05, 0.1) is 11.0 Å². The molecule has 6 heteroatoms. The minimum absolute atomic E-state index is 0.0586. The Labute approximate surface area is 142 Å². The highest BCUT2D eigenvalue weighted by molar-refractivity contribution is 5.78. The number of hydrogen-bond donors (Lipinski definition) is 1. The lowest BCUT2D eigenvalue weighted by atomic mass is 9.96. The topological polar surface area (TPSA) is 59.3 Å². The van der Waals surface area contributed by atoms with Crippen LogP contribution in [-0.4, -0.2) is 46.6 Å². The molecule has 2 heterocycles. The Morgan fingerprint density at radius 1 is 1.21 bits per heavy atom. The number of likely N-dealkylation sites (tertiary alicyclic amines) is 1. The van der Waals surface area contributed by atoms with Gasteiger partial charge in [-0.2, -0.15) is 0 Å². The second kappa shape index (κ2) is 7.21. The van der Waals surface area contributed by atoms with Crippen LogP contribution >= 0.6 is 0 Å². The van der Waals surface area contributed by atoms with E-state index in [0.29, 0.717) is 18.9 Å². The number of carbonyl (C=O) groups is 1. The van der Waals surface area contributed by atoms with Crippen LogP contribution in [0.3, 0.4) is 0 Å². The van der Waals surface area contributed by atoms with Crippen molar-refractivity contribution in [1.82, 2.24) is 19.4 Å². The summed E-state index contributed by atoms with van der Waals surface area (Å²) in [5.41, 5.74) is 1.74. The van der Waals surface area contributed by atoms with Gasteiger partial charge in [-0.1, -0.05) is 12.1 Å². The van der Waals surface area contributed by atoms with Crippen molar-refractivity contribution >= 4 is 16.9 Å². The molecule has 2 aromatic rings. The summed E-state index contributed by atoms with van der Waals surface area (Å²) >= 11 is 0. The first-order valence-electron chi connectivity index (χ1n) is 8.68. The second-order valence-corrected chi connectivity index (χ2v) is 6.61. The molecule has 1 amide bonds. The van der Waals surface area contributed by atoms with Gasteiger partial charge < -0.3 is 10.2 Å². The zero-order valence-corrected chi connectivity index (χ0v) is 14.5. The third kappa shape index (κ3) is 3.24. The maximum absolute atomic E-state index is 12.5. The Morgan fingerprint density at radius 3 is 2.54 bits per heavy atom. The molecule has 0 radical (unpaired) electrons. The van der Waals surface area contributed by atoms with E-state index in [1.807, 2.05) is 36.2 Å². The molecular weight excluding hydrogens is 304 g/mol. The van der Waals surface area contributed by atoms with Crippen molar-refractivity contribution in [3.63, 3.8) is 0 Å². The number of amides is 1. The van der Waals surface area contributed by atoms with Crippen LogP contribution in [0.15, 0.2) is 29.1 Å². The van der Waals surface area contributed by atoms with Crippen molar-refractivity contribution in [3.8, 4) is 0 Å². The van der Waals surface area contributed by atoms with Gasteiger partial charge in [-0.05, 0) is 44.5 Å². The maximum Gasteiger partial charge on any atom is 0.328 e. The minimum atomic E-state index is -0.0586. The summed E-state index contributed by atoms with van der Waals surface area (Å²) in [5, 5.41) is 3.21. The van der Waals surface area contributed by atoms with Crippen molar-refractivity contribution < 1.29 is 4.79 Å². The number of fused-ring (bicyclic) bond motifs is 1. The molecule has 1 saturated heterocycles. The number of aromatic nitrogens is 2. The smallest absolute Gasteiger partial charge is 0.328 e. The SMILES string of the molecule is CNCC1CCN(C(=O)CCn2c(=O)n(C)c3ccccc32)CC1. The summed E-state index contributed by atoms with van der Waals surface area (Å²) in [4.78, 5) is 26.8. The number of imidazole rings is 1. The van der Waals surface area contributed by atoms with Gasteiger partial charge in [-0.25, -0.2) is 4.79 Å². The predicted molar refractivity (Wildman–Crippen MR) is 95.0 cm³/mol. The number of benzene rings is 1. The van der Waals surface area contributed by atoms with Crippen molar-refractivity contribution in [2.24, 2.45) is 13.0 Å². The van der Waals surface area contributed by atoms with Crippen LogP contribution in [0.4, 0.5) is 0 Å². The van der Waals surface area contributed by atoms with E-state index in [4.69, 9.17) is 0 Å². The van der Waals surface area contributed by atoms with Crippen LogP contribution in [0.1, 0.15) is 19.3 Å². The quantitative estimate of drug-likeness (QED) is 0.896. The number of nitrogens with one attached hydrogen (secondary N) is 1. The second-order valence-electron chi connectivity index (χ2n) is 6.61. The minimum Gasteiger partial charge on any atom is -0.343 e. The first kappa shape index (κ1) is 16.8. The number of aryl methyl sites for hydroxylation is 2. The van der Waals surface area contributed by atoms with E-state index in [0.717, 1.165) is 43.5 Å². The predicted octanol–water partition coefficient (Wildman–Crippen LogP) is 1.19. The molecule has 1 aromatic heterocycles. The van der Waals surface area contributed by atoms with Gasteiger partial charge in [0, 0.05) is 33.1 Å². The Morgan fingerprint density at radius 2 is 1.88 bits per heavy atom. The molecule has 130 valence electrons. The van der Waals surface area contributed by atoms with E-state index in [2.05, 4.69) is 5.32 Å². The summed E-state index contributed by atoms with van der Waals surface area (Å²) in [5.74, 6) is 0.817. The highest BCUT2D eigenvalue weighted by atomic mass is 16.2. The fourth-order valence-corrected chi connectivity index (χ4v) is 3.62. The van der Waals surface area contributed by atoms with E-state index in [1.165, 1.54) is 0 Å². The Kier molecular flexibility index (Phi) is 5.04. The largest absolute Gasteiger partial charge is 0.343 e. The summed E-state index contributed by atoms with van der Waals surface area (Å²) < 4.78 is 3.35. The van der Waals surface area contributed by atoms with Gasteiger partial charge >= 0.3 is 5.69 Å². The first-order valence-corrected chi connectivity index (χ1v) is 8.68. The number of rotatable bonds is 5. The Balaban J connectivity index is 1.63. The van der Waals surface area contributed by atoms with Gasteiger partial charge in [0.2, 0.25) is 5.91 Å². The highest BCUT2D eigenvalue weighted by Crippen LogP contribution is 2.17. The molecule has 0 spiro atoms. The van der Waals surface area contributed by atoms with Gasteiger partial charge in [0.25, 0.3) is 0 Å². The lowest BCUT2D eigenvalue weighted by Gasteiger charge is -2.32. The highest BCUT2D eigenvalue weighted by Gasteiger charge is 2.22. The normalized spacial score (nSPS) is 16.0. The summed E-state index contributed by atoms with van der Waals surface area (Å²) in [6, 6.07) is 7.71. The van der Waals surface area contributed by atoms with E-state index in [9.17, 15) is 9.59 Å². The van der Waals surface area contributed by atoms with Gasteiger partial charge in [0.1, 0.15) is 0 Å². The number of nitrogens with zero attached hydrogens (tertiary/aromatic N) is 3. The van der Waals surface area contributed by atoms with Crippen LogP contribution < -0.4 is 11.0 Å². The zero-order chi connectivity index (χ0) is 17.1. The van der Waals surface area contributed by atoms with E-state index < -0.39 is 0 Å². The average Bonchev–Trinajstić information content (AvgIpc) is 2.85. The van der Waals surface area contributed by atoms with Crippen molar-refractivity contribution in [2.75, 3.05) is 26.7 Å². The molecule has 1 aromatic carbocycles. The molecule has 1 N–H and O–H groups in total. The fraction of sp³-hybridized carbons (Fsp3) is 0.556. The molecule has 0 saturated carbocycles. The zero-order valence-electron chi connectivity index (χ0n) is 14.5. The summed E-state index contributed by atoms with van der Waals surface area (Å²) in [6.45, 7) is 3.12. The lowest BCUT2D eigenvalue weighted by Crippen LogP contribution is -2.41. The molecule has 3 rings (SSSR count). The monoisotopic (exact) mass is 330 g/mol. The molecule has 1 aliphatic heterocycles. The number of para-hydroxylation sites is 2. The molecule has 1 fully saturated rings. The van der Waals surface area contributed by atoms with Crippen LogP contribution in [-0.2, 0) is 18.4 Å². The van der Waals surface area contributed by atoms with Crippen LogP contribution in [0, 0.1) is 5.92 Å². The summed E-state index contributed by atoms with van der Waals surface area (Å²) in [6.07, 6.45) is 2.49. The van der Waals surface area contributed by atoms with E-state index >= 15 is 0 Å². The summed E-state index contributed by atoms with van der Waals surface area (Å²) in [7, 11) is 3.75. The fourth-order valence-electron chi connectivity index (χ4n) is 3.62. The third-order valence-corrected chi connectivity index (χ3v) is 5.06. The third-order valence-electron chi connectivity index (χ3n) is 5.06. The van der Waals surface area contributed by atoms with Crippen molar-refractivity contribution in [2.45, 2.75) is 25.8 Å². The van der Waals surface area contributed by atoms with Crippen LogP contribution in [0.2, 0.25) is 0 Å². The van der Waals surface area contributed by atoms with E-state index in [-0.39, 0.29) is 11.6 Å². The van der Waals surface area contributed by atoms with Gasteiger partial charge in [-0.15, -0.1) is 0 Å². The number of carbonyl (C=O) groups excluding carboxylic acids is 1. The molecular formula is C18H26N4O2. The van der Waals surface area contributed by atoms with E-state index in [1.54, 1.807) is 16.2 Å². The molecule has 1 aliphatic rings. The molecule has 0 bridgehead atoms. The van der Waals surface area contributed by atoms with Gasteiger partial charge in [0.15, 0.2) is 0 Å². The number of hydrogen-bond acceptors (Lipinski definition) is 3. The molecule has 6 nitrogen and oxygen atoms in total. The van der Waals surface area contributed by atoms with Crippen LogP contribution in [0.5, 0.6) is 0 Å². The van der Waals surface area contributed by atoms with Crippen LogP contribution in [0.25, 0.3) is 11.0 Å². The molecule has 0 aliphatic carbocycles. The van der Waals surface area contributed by atoms with Crippen molar-refractivity contribution in [1.29, 1.82) is 0 Å².